The molecule has 0 spiro atoms. The molecule has 1 atom stereocenters. The van der Waals surface area contributed by atoms with Gasteiger partial charge in [0.25, 0.3) is 5.91 Å². The highest BCUT2D eigenvalue weighted by atomic mass is 32.1. The number of methoxy groups -OCH3 is 1. The third kappa shape index (κ3) is 4.29. The van der Waals surface area contributed by atoms with Crippen LogP contribution >= 0.6 is 12.2 Å². The van der Waals surface area contributed by atoms with Gasteiger partial charge in [-0.05, 0) is 42.4 Å². The van der Waals surface area contributed by atoms with Crippen LogP contribution in [-0.2, 0) is 4.79 Å². The number of phenols is 1. The van der Waals surface area contributed by atoms with Crippen LogP contribution in [0.5, 0.6) is 11.5 Å². The third-order valence-electron chi connectivity index (χ3n) is 4.23. The summed E-state index contributed by atoms with van der Waals surface area (Å²) >= 11 is 5.24. The minimum absolute atomic E-state index is 0.0157. The lowest BCUT2D eigenvalue weighted by molar-refractivity contribution is -0.117. The molecule has 1 aliphatic rings. The molecule has 144 valence electrons. The number of aromatic hydroxyl groups is 1. The number of allylic oxidation sites excluding steroid dienone is 1. The van der Waals surface area contributed by atoms with Crippen molar-refractivity contribution in [2.24, 2.45) is 5.10 Å². The maximum Gasteiger partial charge on any atom is 0.271 e. The maximum absolute atomic E-state index is 12.8. The van der Waals surface area contributed by atoms with Crippen LogP contribution in [0.3, 0.4) is 0 Å². The summed E-state index contributed by atoms with van der Waals surface area (Å²) in [7, 11) is 1.46. The van der Waals surface area contributed by atoms with Crippen LogP contribution in [0.4, 0.5) is 0 Å². The number of nitrogens with zero attached hydrogens (tertiary/aromatic N) is 1. The number of hydrogen-bond acceptors (Lipinski definition) is 5. The van der Waals surface area contributed by atoms with E-state index < -0.39 is 6.04 Å². The fourth-order valence-electron chi connectivity index (χ4n) is 2.88. The molecule has 3 rings (SSSR count). The molecule has 2 aromatic carbocycles. The van der Waals surface area contributed by atoms with E-state index in [0.717, 1.165) is 11.1 Å². The molecule has 0 bridgehead atoms. The Hall–Kier alpha value is -3.39. The first-order valence-electron chi connectivity index (χ1n) is 8.53. The van der Waals surface area contributed by atoms with Gasteiger partial charge in [-0.25, -0.2) is 5.43 Å². The van der Waals surface area contributed by atoms with Crippen LogP contribution in [0, 0.1) is 0 Å². The summed E-state index contributed by atoms with van der Waals surface area (Å²) in [6.07, 6.45) is 1.57. The monoisotopic (exact) mass is 396 g/mol. The summed E-state index contributed by atoms with van der Waals surface area (Å²) in [4.78, 5) is 12.8. The molecule has 4 N–H and O–H groups in total. The molecule has 1 heterocycles. The minimum Gasteiger partial charge on any atom is -0.504 e. The van der Waals surface area contributed by atoms with Crippen molar-refractivity contribution >= 4 is 29.5 Å². The van der Waals surface area contributed by atoms with Crippen LogP contribution in [0.2, 0.25) is 0 Å². The fraction of sp³-hybridized carbons (Fsp3) is 0.150. The zero-order valence-corrected chi connectivity index (χ0v) is 16.2. The van der Waals surface area contributed by atoms with Crippen molar-refractivity contribution < 1.29 is 14.6 Å². The van der Waals surface area contributed by atoms with Gasteiger partial charge in [-0.15, -0.1) is 0 Å². The van der Waals surface area contributed by atoms with Crippen molar-refractivity contribution in [3.63, 3.8) is 0 Å². The van der Waals surface area contributed by atoms with Gasteiger partial charge in [0.15, 0.2) is 16.6 Å². The smallest absolute Gasteiger partial charge is 0.271 e. The van der Waals surface area contributed by atoms with E-state index in [4.69, 9.17) is 17.0 Å². The van der Waals surface area contributed by atoms with E-state index >= 15 is 0 Å². The first-order valence-corrected chi connectivity index (χ1v) is 8.94. The highest BCUT2D eigenvalue weighted by Gasteiger charge is 2.30. The Labute approximate surface area is 168 Å². The van der Waals surface area contributed by atoms with Crippen LogP contribution in [0.15, 0.2) is 64.9 Å². The lowest BCUT2D eigenvalue weighted by Crippen LogP contribution is -2.46. The molecule has 0 saturated carbocycles. The topological polar surface area (TPSA) is 95.0 Å². The second kappa shape index (κ2) is 8.53. The quantitative estimate of drug-likeness (QED) is 0.352. The highest BCUT2D eigenvalue weighted by molar-refractivity contribution is 7.80. The van der Waals surface area contributed by atoms with E-state index in [0.29, 0.717) is 22.1 Å². The predicted molar refractivity (Wildman–Crippen MR) is 111 cm³/mol. The van der Waals surface area contributed by atoms with E-state index in [1.165, 1.54) is 13.2 Å². The van der Waals surface area contributed by atoms with Gasteiger partial charge in [-0.2, -0.15) is 5.10 Å². The fourth-order valence-corrected chi connectivity index (χ4v) is 3.15. The zero-order chi connectivity index (χ0) is 20.1. The molecule has 0 fully saturated rings. The molecule has 7 nitrogen and oxygen atoms in total. The standard InChI is InChI=1S/C20H20N4O3S/c1-12-17(19(26)24-21-11-13-6-4-3-5-7-13)18(23-20(28)22-12)14-8-9-15(25)16(10-14)27-2/h3-11,18,25H,1-2H3,(H,24,26)(H2,22,23,28)/b21-11+. The maximum atomic E-state index is 12.8. The van der Waals surface area contributed by atoms with Gasteiger partial charge in [-0.1, -0.05) is 36.4 Å². The SMILES string of the molecule is COc1cc(C2NC(=S)NC(C)=C2C(=O)N/N=C/c2ccccc2)ccc1O. The summed E-state index contributed by atoms with van der Waals surface area (Å²) in [6.45, 7) is 1.77. The van der Waals surface area contributed by atoms with E-state index in [1.807, 2.05) is 30.3 Å². The van der Waals surface area contributed by atoms with Gasteiger partial charge < -0.3 is 20.5 Å². The lowest BCUT2D eigenvalue weighted by atomic mass is 9.95. The van der Waals surface area contributed by atoms with Gasteiger partial charge in [0.2, 0.25) is 0 Å². The number of nitrogens with one attached hydrogen (secondary N) is 3. The van der Waals surface area contributed by atoms with E-state index in [2.05, 4.69) is 21.2 Å². The summed E-state index contributed by atoms with van der Waals surface area (Å²) in [5.41, 5.74) is 5.20. The number of ether oxygens (including phenoxy) is 1. The molecule has 1 unspecified atom stereocenters. The molecule has 1 aliphatic heterocycles. The lowest BCUT2D eigenvalue weighted by Gasteiger charge is -2.30. The van der Waals surface area contributed by atoms with Crippen LogP contribution < -0.4 is 20.8 Å². The van der Waals surface area contributed by atoms with Crippen molar-refractivity contribution in [1.82, 2.24) is 16.1 Å². The number of hydrogen-bond donors (Lipinski definition) is 4. The van der Waals surface area contributed by atoms with Crippen molar-refractivity contribution in [3.05, 3.63) is 70.9 Å². The Morgan fingerprint density at radius 2 is 2.04 bits per heavy atom. The molecule has 1 amide bonds. The second-order valence-corrected chi connectivity index (χ2v) is 6.52. The molecule has 2 aromatic rings. The van der Waals surface area contributed by atoms with Crippen LogP contribution in [0.25, 0.3) is 0 Å². The van der Waals surface area contributed by atoms with Gasteiger partial charge in [0.05, 0.1) is 24.9 Å². The molecule has 8 heteroatoms. The molecular formula is C20H20N4O3S. The first kappa shape index (κ1) is 19.4. The van der Waals surface area contributed by atoms with Crippen molar-refractivity contribution in [2.45, 2.75) is 13.0 Å². The average Bonchev–Trinajstić information content (AvgIpc) is 2.68. The number of rotatable bonds is 5. The Balaban J connectivity index is 1.87. The number of benzene rings is 2. The number of carbonyl (C=O) groups excluding carboxylic acids is 1. The number of thiocarbonyl (C=S) groups is 1. The number of phenolic OH excluding ortho intramolecular Hbond substituents is 1. The van der Waals surface area contributed by atoms with Crippen LogP contribution in [-0.4, -0.2) is 29.5 Å². The zero-order valence-electron chi connectivity index (χ0n) is 15.4. The minimum atomic E-state index is -0.518. The molecule has 0 radical (unpaired) electrons. The van der Waals surface area contributed by atoms with Crippen molar-refractivity contribution in [2.75, 3.05) is 7.11 Å². The summed E-state index contributed by atoms with van der Waals surface area (Å²) in [6, 6.07) is 13.8. The van der Waals surface area contributed by atoms with E-state index in [9.17, 15) is 9.90 Å². The Bertz CT molecular complexity index is 957. The van der Waals surface area contributed by atoms with Crippen molar-refractivity contribution in [3.8, 4) is 11.5 Å². The predicted octanol–water partition coefficient (Wildman–Crippen LogP) is 2.34. The number of amides is 1. The van der Waals surface area contributed by atoms with E-state index in [-0.39, 0.29) is 11.7 Å². The van der Waals surface area contributed by atoms with Gasteiger partial charge >= 0.3 is 0 Å². The van der Waals surface area contributed by atoms with Gasteiger partial charge in [0, 0.05) is 5.70 Å². The third-order valence-corrected chi connectivity index (χ3v) is 4.45. The second-order valence-electron chi connectivity index (χ2n) is 6.11. The Morgan fingerprint density at radius 1 is 1.29 bits per heavy atom. The summed E-state index contributed by atoms with van der Waals surface area (Å²) in [5, 5.41) is 20.3. The number of hydrazone groups is 1. The van der Waals surface area contributed by atoms with Gasteiger partial charge in [0.1, 0.15) is 0 Å². The van der Waals surface area contributed by atoms with Crippen molar-refractivity contribution in [1.29, 1.82) is 0 Å². The Morgan fingerprint density at radius 3 is 2.75 bits per heavy atom. The van der Waals surface area contributed by atoms with E-state index in [1.54, 1.807) is 25.3 Å². The molecular weight excluding hydrogens is 376 g/mol. The largest absolute Gasteiger partial charge is 0.504 e. The van der Waals surface area contributed by atoms with Crippen LogP contribution in [0.1, 0.15) is 24.1 Å². The normalized spacial score (nSPS) is 16.5. The Kier molecular flexibility index (Phi) is 5.90. The molecule has 28 heavy (non-hydrogen) atoms. The summed E-state index contributed by atoms with van der Waals surface area (Å²) in [5.74, 6) is -0.0468. The highest BCUT2D eigenvalue weighted by Crippen LogP contribution is 2.33. The van der Waals surface area contributed by atoms with Gasteiger partial charge in [-0.3, -0.25) is 4.79 Å². The summed E-state index contributed by atoms with van der Waals surface area (Å²) < 4.78 is 5.17. The molecule has 0 aromatic heterocycles. The molecule has 0 saturated heterocycles. The molecule has 0 aliphatic carbocycles. The average molecular weight is 396 g/mol. The first-order chi connectivity index (χ1) is 13.5. The number of carbonyl (C=O) groups is 1.